The molecule has 1 unspecified atom stereocenters. The molecule has 3 aromatic rings. The molecule has 1 saturated heterocycles. The van der Waals surface area contributed by atoms with E-state index in [0.29, 0.717) is 48.7 Å². The minimum atomic E-state index is -4.16. The lowest BCUT2D eigenvalue weighted by Crippen LogP contribution is -2.55. The van der Waals surface area contributed by atoms with Gasteiger partial charge in [-0.1, -0.05) is 60.2 Å². The second-order valence-corrected chi connectivity index (χ2v) is 12.1. The summed E-state index contributed by atoms with van der Waals surface area (Å²) in [5, 5.41) is 2.82. The Morgan fingerprint density at radius 2 is 1.51 bits per heavy atom. The Bertz CT molecular complexity index is 1480. The lowest BCUT2D eigenvalue weighted by atomic mass is 10.1. The molecule has 0 spiro atoms. The molecular weight excluding hydrogens is 512 g/mol. The van der Waals surface area contributed by atoms with Crippen LogP contribution in [0.3, 0.4) is 0 Å². The van der Waals surface area contributed by atoms with Crippen LogP contribution in [0.1, 0.15) is 28.7 Å². The van der Waals surface area contributed by atoms with Crippen LogP contribution in [0, 0.1) is 20.8 Å². The molecule has 0 bridgehead atoms. The molecule has 2 aliphatic rings. The fourth-order valence-corrected chi connectivity index (χ4v) is 7.75. The first-order chi connectivity index (χ1) is 18.6. The number of sulfonamides is 1. The average Bonchev–Trinajstić information content (AvgIpc) is 2.89. The Balaban J connectivity index is 1.40. The van der Waals surface area contributed by atoms with Crippen molar-refractivity contribution in [1.82, 2.24) is 9.80 Å². The highest BCUT2D eigenvalue weighted by Crippen LogP contribution is 2.39. The first-order valence-corrected chi connectivity index (χ1v) is 14.7. The van der Waals surface area contributed by atoms with Gasteiger partial charge in [0.25, 0.3) is 10.0 Å². The van der Waals surface area contributed by atoms with Crippen LogP contribution < -0.4 is 9.62 Å². The Morgan fingerprint density at radius 3 is 2.18 bits per heavy atom. The van der Waals surface area contributed by atoms with E-state index in [4.69, 9.17) is 0 Å². The van der Waals surface area contributed by atoms with Crippen molar-refractivity contribution in [1.29, 1.82) is 0 Å². The summed E-state index contributed by atoms with van der Waals surface area (Å²) in [5.74, 6) is -0.734. The van der Waals surface area contributed by atoms with E-state index >= 15 is 0 Å². The number of anilines is 2. The lowest BCUT2D eigenvalue weighted by molar-refractivity contribution is -0.135. The van der Waals surface area contributed by atoms with Crippen molar-refractivity contribution in [2.75, 3.05) is 35.8 Å². The normalized spacial score (nSPS) is 18.0. The fraction of sp³-hybridized carbons (Fsp3) is 0.333. The van der Waals surface area contributed by atoms with Gasteiger partial charge in [0, 0.05) is 32.7 Å². The van der Waals surface area contributed by atoms with Gasteiger partial charge in [0.15, 0.2) is 0 Å². The number of nitrogens with one attached hydrogen (secondary N) is 1. The van der Waals surface area contributed by atoms with E-state index in [2.05, 4.69) is 22.3 Å². The maximum absolute atomic E-state index is 14.2. The summed E-state index contributed by atoms with van der Waals surface area (Å²) in [5.41, 5.74) is 4.16. The summed E-state index contributed by atoms with van der Waals surface area (Å²) >= 11 is 0. The second-order valence-electron chi connectivity index (χ2n) is 10.4. The van der Waals surface area contributed by atoms with Crippen molar-refractivity contribution in [2.24, 2.45) is 0 Å². The summed E-state index contributed by atoms with van der Waals surface area (Å²) in [7, 11) is -4.16. The predicted molar refractivity (Wildman–Crippen MR) is 152 cm³/mol. The van der Waals surface area contributed by atoms with E-state index in [1.165, 1.54) is 5.56 Å². The zero-order valence-electron chi connectivity index (χ0n) is 22.6. The Hall–Kier alpha value is -3.69. The molecule has 3 aromatic carbocycles. The van der Waals surface area contributed by atoms with Crippen molar-refractivity contribution in [3.63, 3.8) is 0 Å². The van der Waals surface area contributed by atoms with Crippen LogP contribution in [0.4, 0.5) is 11.4 Å². The van der Waals surface area contributed by atoms with Gasteiger partial charge in [-0.15, -0.1) is 0 Å². The van der Waals surface area contributed by atoms with Gasteiger partial charge in [-0.2, -0.15) is 0 Å². The molecule has 0 aliphatic carbocycles. The highest BCUT2D eigenvalue weighted by molar-refractivity contribution is 7.93. The number of benzene rings is 3. The number of para-hydroxylation sites is 2. The molecule has 1 atom stereocenters. The number of nitrogens with zero attached hydrogens (tertiary/aromatic N) is 3. The summed E-state index contributed by atoms with van der Waals surface area (Å²) in [4.78, 5) is 31.0. The Labute approximate surface area is 230 Å². The number of amides is 2. The first-order valence-electron chi connectivity index (χ1n) is 13.2. The van der Waals surface area contributed by atoms with E-state index < -0.39 is 22.0 Å². The molecule has 1 N–H and O–H groups in total. The van der Waals surface area contributed by atoms with Gasteiger partial charge in [-0.3, -0.25) is 18.8 Å². The molecule has 0 radical (unpaired) electrons. The molecule has 0 saturated carbocycles. The quantitative estimate of drug-likeness (QED) is 0.507. The molecule has 204 valence electrons. The van der Waals surface area contributed by atoms with E-state index in [1.807, 2.05) is 37.3 Å². The van der Waals surface area contributed by atoms with Crippen molar-refractivity contribution in [2.45, 2.75) is 44.7 Å². The van der Waals surface area contributed by atoms with Gasteiger partial charge in [-0.05, 0) is 49.6 Å². The molecule has 0 aromatic heterocycles. The van der Waals surface area contributed by atoms with Crippen LogP contribution >= 0.6 is 0 Å². The third kappa shape index (κ3) is 5.42. The highest BCUT2D eigenvalue weighted by Gasteiger charge is 2.43. The van der Waals surface area contributed by atoms with Crippen LogP contribution in [-0.2, 0) is 26.2 Å². The van der Waals surface area contributed by atoms with Gasteiger partial charge in [0.1, 0.15) is 6.04 Å². The molecule has 9 heteroatoms. The maximum Gasteiger partial charge on any atom is 0.265 e. The molecule has 39 heavy (non-hydrogen) atoms. The standard InChI is InChI=1S/C30H34N4O4S/c1-21-17-22(2)29(23(3)18-21)39(37,38)34-26-12-8-7-11-25(26)31-30(36)27(34)19-28(35)33-15-13-32(14-16-33)20-24-9-5-4-6-10-24/h4-12,17-18,27H,13-16,19-20H2,1-3H3,(H,31,36). The average molecular weight is 547 g/mol. The molecule has 5 rings (SSSR count). The Kier molecular flexibility index (Phi) is 7.46. The molecule has 2 heterocycles. The lowest BCUT2D eigenvalue weighted by Gasteiger charge is -2.39. The number of carbonyl (C=O) groups excluding carboxylic acids is 2. The van der Waals surface area contributed by atoms with Crippen LogP contribution in [-0.4, -0.2) is 62.3 Å². The maximum atomic E-state index is 14.2. The van der Waals surface area contributed by atoms with Crippen molar-refractivity contribution >= 4 is 33.2 Å². The number of piperazine rings is 1. The molecular formula is C30H34N4O4S. The van der Waals surface area contributed by atoms with Gasteiger partial charge < -0.3 is 10.2 Å². The molecule has 8 nitrogen and oxygen atoms in total. The number of carbonyl (C=O) groups is 2. The van der Waals surface area contributed by atoms with E-state index in [1.54, 1.807) is 43.0 Å². The Morgan fingerprint density at radius 1 is 0.897 bits per heavy atom. The van der Waals surface area contributed by atoms with Crippen LogP contribution in [0.15, 0.2) is 71.6 Å². The zero-order chi connectivity index (χ0) is 27.7. The van der Waals surface area contributed by atoms with Gasteiger partial charge >= 0.3 is 0 Å². The summed E-state index contributed by atoms with van der Waals surface area (Å²) < 4.78 is 29.7. The molecule has 2 amide bonds. The molecule has 1 fully saturated rings. The summed E-state index contributed by atoms with van der Waals surface area (Å²) in [6.07, 6.45) is -0.234. The van der Waals surface area contributed by atoms with Crippen LogP contribution in [0.25, 0.3) is 0 Å². The zero-order valence-corrected chi connectivity index (χ0v) is 23.4. The first kappa shape index (κ1) is 26.9. The van der Waals surface area contributed by atoms with E-state index in [9.17, 15) is 18.0 Å². The predicted octanol–water partition coefficient (Wildman–Crippen LogP) is 3.86. The minimum Gasteiger partial charge on any atom is -0.340 e. The summed E-state index contributed by atoms with van der Waals surface area (Å²) in [6, 6.07) is 19.5. The second kappa shape index (κ2) is 10.8. The number of hydrogen-bond donors (Lipinski definition) is 1. The van der Waals surface area contributed by atoms with Gasteiger partial charge in [0.05, 0.1) is 22.7 Å². The van der Waals surface area contributed by atoms with Crippen LogP contribution in [0.5, 0.6) is 0 Å². The highest BCUT2D eigenvalue weighted by atomic mass is 32.2. The fourth-order valence-electron chi connectivity index (χ4n) is 5.70. The van der Waals surface area contributed by atoms with Crippen molar-refractivity contribution in [3.05, 3.63) is 89.0 Å². The minimum absolute atomic E-state index is 0.171. The van der Waals surface area contributed by atoms with Gasteiger partial charge in [-0.25, -0.2) is 8.42 Å². The number of aryl methyl sites for hydroxylation is 3. The largest absolute Gasteiger partial charge is 0.340 e. The summed E-state index contributed by atoms with van der Waals surface area (Å²) in [6.45, 7) is 8.73. The third-order valence-corrected chi connectivity index (χ3v) is 9.58. The van der Waals surface area contributed by atoms with E-state index in [-0.39, 0.29) is 17.2 Å². The number of hydrogen-bond acceptors (Lipinski definition) is 5. The van der Waals surface area contributed by atoms with Crippen LogP contribution in [0.2, 0.25) is 0 Å². The molecule has 2 aliphatic heterocycles. The van der Waals surface area contributed by atoms with Crippen molar-refractivity contribution < 1.29 is 18.0 Å². The third-order valence-electron chi connectivity index (χ3n) is 7.45. The SMILES string of the molecule is Cc1cc(C)c(S(=O)(=O)N2c3ccccc3NC(=O)C2CC(=O)N2CCN(Cc3ccccc3)CC2)c(C)c1. The van der Waals surface area contributed by atoms with E-state index in [0.717, 1.165) is 16.4 Å². The topological polar surface area (TPSA) is 90.0 Å². The monoisotopic (exact) mass is 546 g/mol. The van der Waals surface area contributed by atoms with Gasteiger partial charge in [0.2, 0.25) is 11.8 Å². The number of rotatable bonds is 6. The smallest absolute Gasteiger partial charge is 0.265 e. The van der Waals surface area contributed by atoms with Crippen molar-refractivity contribution in [3.8, 4) is 0 Å². The number of fused-ring (bicyclic) bond motifs is 1.